The molecule has 0 aliphatic carbocycles. The number of aromatic nitrogens is 2. The molecule has 0 spiro atoms. The number of para-hydroxylation sites is 1. The van der Waals surface area contributed by atoms with Gasteiger partial charge in [0.05, 0.1) is 13.2 Å². The third kappa shape index (κ3) is 6.52. The summed E-state index contributed by atoms with van der Waals surface area (Å²) in [7, 11) is 0. The monoisotopic (exact) mass is 416 g/mol. The number of ether oxygens (including phenoxy) is 2. The molecule has 156 valence electrons. The maximum absolute atomic E-state index is 12.1. The molecule has 0 N–H and O–H groups in total. The SMILES string of the molecule is CCCCOC(=O)N1CCN(c2nccnc2SCCOc2ccccc2)CC1. The van der Waals surface area contributed by atoms with Gasteiger partial charge < -0.3 is 19.3 Å². The largest absolute Gasteiger partial charge is 0.493 e. The summed E-state index contributed by atoms with van der Waals surface area (Å²) in [5.41, 5.74) is 0. The van der Waals surface area contributed by atoms with E-state index in [2.05, 4.69) is 21.8 Å². The Morgan fingerprint density at radius 2 is 1.83 bits per heavy atom. The van der Waals surface area contributed by atoms with Gasteiger partial charge in [-0.15, -0.1) is 0 Å². The van der Waals surface area contributed by atoms with E-state index < -0.39 is 0 Å². The molecule has 1 amide bonds. The van der Waals surface area contributed by atoms with Crippen LogP contribution in [-0.4, -0.2) is 66.1 Å². The molecule has 0 saturated carbocycles. The summed E-state index contributed by atoms with van der Waals surface area (Å²) >= 11 is 1.64. The lowest BCUT2D eigenvalue weighted by Crippen LogP contribution is -2.49. The predicted molar refractivity (Wildman–Crippen MR) is 115 cm³/mol. The maximum atomic E-state index is 12.1. The van der Waals surface area contributed by atoms with Crippen molar-refractivity contribution in [1.29, 1.82) is 0 Å². The van der Waals surface area contributed by atoms with Gasteiger partial charge in [-0.05, 0) is 18.6 Å². The van der Waals surface area contributed by atoms with Crippen molar-refractivity contribution in [3.63, 3.8) is 0 Å². The first-order valence-electron chi connectivity index (χ1n) is 10.1. The van der Waals surface area contributed by atoms with E-state index in [4.69, 9.17) is 9.47 Å². The second kappa shape index (κ2) is 11.5. The smallest absolute Gasteiger partial charge is 0.409 e. The normalized spacial score (nSPS) is 14.0. The van der Waals surface area contributed by atoms with Gasteiger partial charge in [0, 0.05) is 44.3 Å². The Kier molecular flexibility index (Phi) is 8.42. The maximum Gasteiger partial charge on any atom is 0.409 e. The van der Waals surface area contributed by atoms with Crippen LogP contribution in [0, 0.1) is 0 Å². The molecule has 1 aromatic carbocycles. The summed E-state index contributed by atoms with van der Waals surface area (Å²) < 4.78 is 11.1. The second-order valence-corrected chi connectivity index (χ2v) is 7.72. The van der Waals surface area contributed by atoms with Gasteiger partial charge in [-0.1, -0.05) is 43.3 Å². The van der Waals surface area contributed by atoms with Gasteiger partial charge in [0.2, 0.25) is 0 Å². The van der Waals surface area contributed by atoms with E-state index in [1.165, 1.54) is 0 Å². The number of rotatable bonds is 9. The van der Waals surface area contributed by atoms with Gasteiger partial charge in [-0.3, -0.25) is 0 Å². The van der Waals surface area contributed by atoms with E-state index in [1.54, 1.807) is 29.1 Å². The molecule has 3 rings (SSSR count). The minimum atomic E-state index is -0.218. The summed E-state index contributed by atoms with van der Waals surface area (Å²) in [5, 5.41) is 0.892. The first-order chi connectivity index (χ1) is 14.3. The van der Waals surface area contributed by atoms with Gasteiger partial charge in [0.1, 0.15) is 10.8 Å². The number of carbonyl (C=O) groups excluding carboxylic acids is 1. The van der Waals surface area contributed by atoms with Crippen molar-refractivity contribution >= 4 is 23.7 Å². The van der Waals surface area contributed by atoms with E-state index in [0.29, 0.717) is 26.3 Å². The van der Waals surface area contributed by atoms with Gasteiger partial charge in [0.15, 0.2) is 5.82 Å². The van der Waals surface area contributed by atoms with Crippen molar-refractivity contribution in [3.8, 4) is 5.75 Å². The van der Waals surface area contributed by atoms with Crippen LogP contribution < -0.4 is 9.64 Å². The zero-order chi connectivity index (χ0) is 20.3. The molecule has 1 aliphatic heterocycles. The molecule has 0 atom stereocenters. The average Bonchev–Trinajstić information content (AvgIpc) is 2.78. The number of unbranched alkanes of at least 4 members (excludes halogenated alkanes) is 1. The zero-order valence-corrected chi connectivity index (χ0v) is 17.6. The fourth-order valence-electron chi connectivity index (χ4n) is 2.95. The van der Waals surface area contributed by atoms with E-state index in [0.717, 1.165) is 48.3 Å². The Morgan fingerprint density at radius 1 is 1.07 bits per heavy atom. The second-order valence-electron chi connectivity index (χ2n) is 6.64. The Labute approximate surface area is 176 Å². The van der Waals surface area contributed by atoms with E-state index in [9.17, 15) is 4.79 Å². The molecule has 0 bridgehead atoms. The molecule has 0 unspecified atom stereocenters. The molecule has 1 aromatic heterocycles. The van der Waals surface area contributed by atoms with Crippen LogP contribution in [0.15, 0.2) is 47.8 Å². The molecule has 2 aromatic rings. The Morgan fingerprint density at radius 3 is 2.59 bits per heavy atom. The van der Waals surface area contributed by atoms with Gasteiger partial charge in [-0.25, -0.2) is 14.8 Å². The number of thioether (sulfide) groups is 1. The number of carbonyl (C=O) groups is 1. The summed E-state index contributed by atoms with van der Waals surface area (Å²) in [5.74, 6) is 2.52. The molecule has 7 nitrogen and oxygen atoms in total. The Bertz CT molecular complexity index is 755. The van der Waals surface area contributed by atoms with E-state index in [-0.39, 0.29) is 6.09 Å². The fraction of sp³-hybridized carbons (Fsp3) is 0.476. The average molecular weight is 417 g/mol. The summed E-state index contributed by atoms with van der Waals surface area (Å²) in [6, 6.07) is 9.79. The lowest BCUT2D eigenvalue weighted by molar-refractivity contribution is 0.0988. The first-order valence-corrected chi connectivity index (χ1v) is 11.0. The van der Waals surface area contributed by atoms with Crippen molar-refractivity contribution in [1.82, 2.24) is 14.9 Å². The van der Waals surface area contributed by atoms with E-state index in [1.807, 2.05) is 30.3 Å². The molecule has 2 heterocycles. The molecule has 8 heteroatoms. The number of hydrogen-bond donors (Lipinski definition) is 0. The highest BCUT2D eigenvalue weighted by Gasteiger charge is 2.24. The highest BCUT2D eigenvalue weighted by Crippen LogP contribution is 2.26. The first kappa shape index (κ1) is 21.2. The van der Waals surface area contributed by atoms with Crippen LogP contribution in [0.5, 0.6) is 5.75 Å². The highest BCUT2D eigenvalue weighted by molar-refractivity contribution is 7.99. The van der Waals surface area contributed by atoms with Crippen LogP contribution in [0.1, 0.15) is 19.8 Å². The minimum absolute atomic E-state index is 0.218. The van der Waals surface area contributed by atoms with Crippen LogP contribution in [0.2, 0.25) is 0 Å². The van der Waals surface area contributed by atoms with Crippen LogP contribution in [0.3, 0.4) is 0 Å². The van der Waals surface area contributed by atoms with Gasteiger partial charge >= 0.3 is 6.09 Å². The third-order valence-electron chi connectivity index (χ3n) is 4.54. The van der Waals surface area contributed by atoms with Crippen LogP contribution in [-0.2, 0) is 4.74 Å². The van der Waals surface area contributed by atoms with Gasteiger partial charge in [0.25, 0.3) is 0 Å². The van der Waals surface area contributed by atoms with Crippen molar-refractivity contribution in [2.75, 3.05) is 50.0 Å². The fourth-order valence-corrected chi connectivity index (χ4v) is 3.75. The molecule has 29 heavy (non-hydrogen) atoms. The van der Waals surface area contributed by atoms with Crippen LogP contribution in [0.4, 0.5) is 10.6 Å². The molecular weight excluding hydrogens is 388 g/mol. The van der Waals surface area contributed by atoms with Crippen LogP contribution in [0.25, 0.3) is 0 Å². The number of hydrogen-bond acceptors (Lipinski definition) is 7. The van der Waals surface area contributed by atoms with Crippen LogP contribution >= 0.6 is 11.8 Å². The lowest BCUT2D eigenvalue weighted by Gasteiger charge is -2.35. The molecule has 1 aliphatic rings. The van der Waals surface area contributed by atoms with Crippen molar-refractivity contribution in [3.05, 3.63) is 42.7 Å². The molecule has 1 fully saturated rings. The third-order valence-corrected chi connectivity index (χ3v) is 5.47. The number of piperazine rings is 1. The number of amides is 1. The minimum Gasteiger partial charge on any atom is -0.493 e. The zero-order valence-electron chi connectivity index (χ0n) is 16.8. The summed E-state index contributed by atoms with van der Waals surface area (Å²) in [6.45, 7) is 5.86. The Balaban J connectivity index is 1.47. The van der Waals surface area contributed by atoms with Crippen molar-refractivity contribution in [2.24, 2.45) is 0 Å². The van der Waals surface area contributed by atoms with Crippen molar-refractivity contribution < 1.29 is 14.3 Å². The molecule has 0 radical (unpaired) electrons. The highest BCUT2D eigenvalue weighted by atomic mass is 32.2. The quantitative estimate of drug-likeness (QED) is 0.456. The summed E-state index contributed by atoms with van der Waals surface area (Å²) in [6.07, 6.45) is 5.13. The molecular formula is C21H28N4O3S. The molecule has 1 saturated heterocycles. The lowest BCUT2D eigenvalue weighted by atomic mass is 10.3. The van der Waals surface area contributed by atoms with Crippen molar-refractivity contribution in [2.45, 2.75) is 24.8 Å². The topological polar surface area (TPSA) is 67.8 Å². The number of anilines is 1. The van der Waals surface area contributed by atoms with E-state index >= 15 is 0 Å². The predicted octanol–water partition coefficient (Wildman–Crippen LogP) is 3.71. The number of nitrogens with zero attached hydrogens (tertiary/aromatic N) is 4. The Hall–Kier alpha value is -2.48. The number of benzene rings is 1. The van der Waals surface area contributed by atoms with Gasteiger partial charge in [-0.2, -0.15) is 0 Å². The standard InChI is InChI=1S/C21H28N4O3S/c1-2-3-15-28-21(26)25-13-11-24(12-14-25)19-20(23-10-9-22-19)29-17-16-27-18-7-5-4-6-8-18/h4-10H,2-3,11-17H2,1H3. The summed E-state index contributed by atoms with van der Waals surface area (Å²) in [4.78, 5) is 25.1.